The van der Waals surface area contributed by atoms with Gasteiger partial charge in [0, 0.05) is 0 Å². The van der Waals surface area contributed by atoms with Crippen LogP contribution in [0.25, 0.3) is 0 Å². The van der Waals surface area contributed by atoms with Crippen LogP contribution in [0.4, 0.5) is 0 Å². The summed E-state index contributed by atoms with van der Waals surface area (Å²) in [5.41, 5.74) is 4.33. The molecule has 2 rings (SSSR count). The first kappa shape index (κ1) is 24.4. The molecule has 0 aliphatic rings. The third-order valence-corrected chi connectivity index (χ3v) is 2.14. The van der Waals surface area contributed by atoms with Crippen LogP contribution in [0.5, 0.6) is 0 Å². The molecule has 0 amide bonds. The second-order valence-electron chi connectivity index (χ2n) is 4.35. The first-order valence-corrected chi connectivity index (χ1v) is 12.0. The van der Waals surface area contributed by atoms with Gasteiger partial charge in [0.25, 0.3) is 0 Å². The quantitative estimate of drug-likeness (QED) is 0.379. The Morgan fingerprint density at radius 1 is 0.947 bits per heavy atom. The zero-order chi connectivity index (χ0) is 13.3. The zero-order valence-electron chi connectivity index (χ0n) is 12.3. The summed E-state index contributed by atoms with van der Waals surface area (Å²) < 4.78 is 0. The Kier molecular flexibility index (Phi) is 19.0. The van der Waals surface area contributed by atoms with E-state index < -0.39 is 0 Å². The molecule has 0 aliphatic heterocycles. The molecule has 0 bridgehead atoms. The maximum Gasteiger partial charge on any atom is -0.0632 e. The molecule has 0 N–H and O–H groups in total. The van der Waals surface area contributed by atoms with E-state index in [-0.39, 0.29) is 30.2 Å². The minimum absolute atomic E-state index is 0. The van der Waals surface area contributed by atoms with Crippen molar-refractivity contribution in [2.45, 2.75) is 33.9 Å². The molecule has 2 aromatic carbocycles. The fraction of sp³-hybridized carbons (Fsp3) is 0.333. The van der Waals surface area contributed by atoms with Crippen molar-refractivity contribution in [3.05, 3.63) is 59.2 Å². The molecule has 0 spiro atoms. The van der Waals surface area contributed by atoms with Gasteiger partial charge in [-0.15, -0.1) is 0 Å². The molecule has 0 nitrogen and oxygen atoms in total. The molecule has 0 atom stereocenters. The Labute approximate surface area is 145 Å². The van der Waals surface area contributed by atoms with E-state index in [9.17, 15) is 0 Å². The molecule has 106 valence electrons. The molecule has 19 heavy (non-hydrogen) atoms. The number of halogens is 2. The van der Waals surface area contributed by atoms with Gasteiger partial charge < -0.3 is 24.8 Å². The maximum atomic E-state index is 2.31. The molecule has 4 heteroatoms. The van der Waals surface area contributed by atoms with Crippen LogP contribution in [-0.4, -0.2) is 5.43 Å². The Morgan fingerprint density at radius 3 is 1.47 bits per heavy atom. The first-order chi connectivity index (χ1) is 7.93. The smallest absolute Gasteiger partial charge is 0.0632 e. The van der Waals surface area contributed by atoms with Gasteiger partial charge in [0.15, 0.2) is 0 Å². The Bertz CT molecular complexity index is 399. The third kappa shape index (κ3) is 16.3. The molecular weight excluding hydrogens is 370 g/mol. The van der Waals surface area contributed by atoms with Crippen LogP contribution < -0.4 is 24.8 Å². The molecular formula is C15H22Cl2SiZr-2. The Balaban J connectivity index is -0.000000199. The van der Waals surface area contributed by atoms with E-state index in [0.29, 0.717) is 0 Å². The van der Waals surface area contributed by atoms with Crippen LogP contribution in [0.15, 0.2) is 42.5 Å². The topological polar surface area (TPSA) is 0 Å². The van der Waals surface area contributed by atoms with Gasteiger partial charge >= 0.3 is 41.9 Å². The van der Waals surface area contributed by atoms with Crippen molar-refractivity contribution >= 4 is 5.43 Å². The van der Waals surface area contributed by atoms with Crippen LogP contribution in [0, 0.1) is 20.8 Å². The molecule has 0 fully saturated rings. The fourth-order valence-electron chi connectivity index (χ4n) is 1.07. The van der Waals surface area contributed by atoms with Gasteiger partial charge in [-0.05, 0) is 0 Å². The minimum atomic E-state index is 0. The van der Waals surface area contributed by atoms with Crippen molar-refractivity contribution < 1.29 is 48.1 Å². The summed E-state index contributed by atoms with van der Waals surface area (Å²) >= 11 is 1.74. The third-order valence-electron chi connectivity index (χ3n) is 2.14. The second kappa shape index (κ2) is 14.8. The molecule has 0 unspecified atom stereocenters. The summed E-state index contributed by atoms with van der Waals surface area (Å²) in [6.07, 6.45) is 0. The van der Waals surface area contributed by atoms with E-state index in [0.717, 1.165) is 0 Å². The fourth-order valence-corrected chi connectivity index (χ4v) is 1.07. The molecule has 0 radical (unpaired) electrons. The SMILES string of the molecule is C[Si](C)=[Zr+2].C[c-]1cccc1.Cc1ccc[c-]1C.[Cl-].[Cl-]. The molecule has 2 aromatic rings. The number of aryl methyl sites for hydroxylation is 3. The predicted octanol–water partition coefficient (Wildman–Crippen LogP) is -1.47. The normalized spacial score (nSPS) is 7.74. The average Bonchev–Trinajstić information content (AvgIpc) is 2.80. The van der Waals surface area contributed by atoms with Crippen molar-refractivity contribution in [2.24, 2.45) is 0 Å². The van der Waals surface area contributed by atoms with Crippen LogP contribution >= 0.6 is 0 Å². The van der Waals surface area contributed by atoms with Crippen LogP contribution in [0.2, 0.25) is 13.1 Å². The molecule has 0 saturated heterocycles. The van der Waals surface area contributed by atoms with Crippen LogP contribution in [0.3, 0.4) is 0 Å². The van der Waals surface area contributed by atoms with Gasteiger partial charge in [-0.2, -0.15) is 34.9 Å². The van der Waals surface area contributed by atoms with E-state index in [2.05, 4.69) is 64.2 Å². The molecule has 0 heterocycles. The zero-order valence-corrected chi connectivity index (χ0v) is 17.3. The molecule has 0 aliphatic carbocycles. The van der Waals surface area contributed by atoms with Gasteiger partial charge in [0.1, 0.15) is 0 Å². The van der Waals surface area contributed by atoms with E-state index in [1.54, 1.807) is 23.3 Å². The van der Waals surface area contributed by atoms with Crippen molar-refractivity contribution in [1.82, 2.24) is 0 Å². The molecule has 0 aromatic heterocycles. The number of hydrogen-bond acceptors (Lipinski definition) is 0. The Morgan fingerprint density at radius 2 is 1.37 bits per heavy atom. The van der Waals surface area contributed by atoms with E-state index >= 15 is 0 Å². The van der Waals surface area contributed by atoms with Crippen molar-refractivity contribution in [1.29, 1.82) is 0 Å². The monoisotopic (exact) mass is 390 g/mol. The summed E-state index contributed by atoms with van der Waals surface area (Å²) in [5, 5.41) is 0. The summed E-state index contributed by atoms with van der Waals surface area (Å²) in [4.78, 5) is 0. The minimum Gasteiger partial charge on any atom is -1.00 e. The molecule has 0 saturated carbocycles. The summed E-state index contributed by atoms with van der Waals surface area (Å²) in [5.74, 6) is 0. The van der Waals surface area contributed by atoms with Crippen molar-refractivity contribution in [2.75, 3.05) is 0 Å². The van der Waals surface area contributed by atoms with E-state index in [4.69, 9.17) is 0 Å². The van der Waals surface area contributed by atoms with Crippen molar-refractivity contribution in [3.8, 4) is 0 Å². The van der Waals surface area contributed by atoms with Gasteiger partial charge in [-0.1, -0.05) is 20.8 Å². The van der Waals surface area contributed by atoms with E-state index in [1.165, 1.54) is 16.7 Å². The average molecular weight is 393 g/mol. The second-order valence-corrected chi connectivity index (χ2v) is 13.7. The first-order valence-electron chi connectivity index (χ1n) is 5.82. The summed E-state index contributed by atoms with van der Waals surface area (Å²) in [6.45, 7) is 10.9. The number of rotatable bonds is 0. The van der Waals surface area contributed by atoms with Crippen molar-refractivity contribution in [3.63, 3.8) is 0 Å². The number of hydrogen-bond donors (Lipinski definition) is 0. The standard InChI is InChI=1S/C7H9.C6H7.C2H6Si.2ClH.Zr/c1-6-4-3-5-7(6)2;1-6-4-2-3-5-6;1-3-2;;;/h3-5H,1-2H3;2-5H,1H3;1-2H3;2*1H;/q2*-1;;;;+2/p-2. The summed E-state index contributed by atoms with van der Waals surface area (Å²) in [6, 6.07) is 14.6. The van der Waals surface area contributed by atoms with Crippen LogP contribution in [0.1, 0.15) is 16.7 Å². The van der Waals surface area contributed by atoms with Gasteiger partial charge in [0.05, 0.1) is 0 Å². The summed E-state index contributed by atoms with van der Waals surface area (Å²) in [7, 11) is 0. The van der Waals surface area contributed by atoms with Gasteiger partial charge in [-0.25, -0.2) is 24.3 Å². The predicted molar refractivity (Wildman–Crippen MR) is 75.8 cm³/mol. The van der Waals surface area contributed by atoms with Gasteiger partial charge in [0.2, 0.25) is 0 Å². The maximum absolute atomic E-state index is 2.31. The van der Waals surface area contributed by atoms with E-state index in [1.807, 2.05) is 12.1 Å². The largest absolute Gasteiger partial charge is 1.00 e. The van der Waals surface area contributed by atoms with Crippen LogP contribution in [-0.2, 0) is 23.3 Å². The Hall–Kier alpha value is 0.380. The van der Waals surface area contributed by atoms with Gasteiger partial charge in [-0.3, -0.25) is 0 Å².